The maximum absolute atomic E-state index is 9.45. The summed E-state index contributed by atoms with van der Waals surface area (Å²) in [6.45, 7) is 6.39. The molecule has 0 saturated carbocycles. The SMILES string of the molecule is CCc1cc(C(N)C(CO)C(C)C)ccc1OC. The van der Waals surface area contributed by atoms with Crippen LogP contribution in [0.3, 0.4) is 0 Å². The first-order valence-electron chi connectivity index (χ1n) is 6.58. The number of aliphatic hydroxyl groups excluding tert-OH is 1. The van der Waals surface area contributed by atoms with Gasteiger partial charge in [-0.1, -0.05) is 32.9 Å². The van der Waals surface area contributed by atoms with Crippen LogP contribution < -0.4 is 10.5 Å². The zero-order valence-corrected chi connectivity index (χ0v) is 11.8. The lowest BCUT2D eigenvalue weighted by Crippen LogP contribution is -2.28. The fraction of sp³-hybridized carbons (Fsp3) is 0.600. The molecule has 0 radical (unpaired) electrons. The Morgan fingerprint density at radius 3 is 2.44 bits per heavy atom. The molecule has 0 spiro atoms. The molecule has 18 heavy (non-hydrogen) atoms. The minimum absolute atomic E-state index is 0.0862. The Morgan fingerprint density at radius 2 is 2.00 bits per heavy atom. The van der Waals surface area contributed by atoms with Gasteiger partial charge in [0.2, 0.25) is 0 Å². The van der Waals surface area contributed by atoms with E-state index >= 15 is 0 Å². The van der Waals surface area contributed by atoms with Crippen LogP contribution in [0.25, 0.3) is 0 Å². The highest BCUT2D eigenvalue weighted by Gasteiger charge is 2.22. The second-order valence-electron chi connectivity index (χ2n) is 5.04. The van der Waals surface area contributed by atoms with Gasteiger partial charge >= 0.3 is 0 Å². The van der Waals surface area contributed by atoms with Crippen LogP contribution in [0.1, 0.15) is 37.9 Å². The molecule has 0 aromatic heterocycles. The number of aryl methyl sites for hydroxylation is 1. The second kappa shape index (κ2) is 6.76. The Kier molecular flexibility index (Phi) is 5.63. The van der Waals surface area contributed by atoms with Gasteiger partial charge in [-0.15, -0.1) is 0 Å². The predicted molar refractivity (Wildman–Crippen MR) is 74.7 cm³/mol. The molecule has 2 atom stereocenters. The van der Waals surface area contributed by atoms with E-state index in [0.29, 0.717) is 5.92 Å². The van der Waals surface area contributed by atoms with E-state index in [2.05, 4.69) is 26.8 Å². The molecular formula is C15H25NO2. The lowest BCUT2D eigenvalue weighted by molar-refractivity contribution is 0.166. The van der Waals surface area contributed by atoms with Crippen molar-refractivity contribution in [3.8, 4) is 5.75 Å². The van der Waals surface area contributed by atoms with Gasteiger partial charge < -0.3 is 15.6 Å². The first-order valence-corrected chi connectivity index (χ1v) is 6.58. The van der Waals surface area contributed by atoms with E-state index in [4.69, 9.17) is 10.5 Å². The zero-order chi connectivity index (χ0) is 13.7. The zero-order valence-electron chi connectivity index (χ0n) is 11.8. The summed E-state index contributed by atoms with van der Waals surface area (Å²) in [5, 5.41) is 9.45. The molecule has 3 N–H and O–H groups in total. The van der Waals surface area contributed by atoms with Gasteiger partial charge in [-0.25, -0.2) is 0 Å². The van der Waals surface area contributed by atoms with E-state index < -0.39 is 0 Å². The normalized spacial score (nSPS) is 14.6. The first-order chi connectivity index (χ1) is 8.54. The van der Waals surface area contributed by atoms with Gasteiger partial charge in [-0.2, -0.15) is 0 Å². The molecule has 0 bridgehead atoms. The largest absolute Gasteiger partial charge is 0.496 e. The minimum Gasteiger partial charge on any atom is -0.496 e. The Hall–Kier alpha value is -1.06. The number of rotatable bonds is 6. The summed E-state index contributed by atoms with van der Waals surface area (Å²) < 4.78 is 5.32. The van der Waals surface area contributed by atoms with E-state index in [1.54, 1.807) is 7.11 Å². The molecule has 1 aromatic rings. The van der Waals surface area contributed by atoms with E-state index in [9.17, 15) is 5.11 Å². The lowest BCUT2D eigenvalue weighted by Gasteiger charge is -2.26. The maximum atomic E-state index is 9.45. The van der Waals surface area contributed by atoms with Gasteiger partial charge in [0, 0.05) is 18.6 Å². The quantitative estimate of drug-likeness (QED) is 0.817. The summed E-state index contributed by atoms with van der Waals surface area (Å²) in [6, 6.07) is 5.91. The predicted octanol–water partition coefficient (Wildman–Crippen LogP) is 2.52. The lowest BCUT2D eigenvalue weighted by atomic mass is 9.85. The molecule has 0 saturated heterocycles. The van der Waals surface area contributed by atoms with Gasteiger partial charge in [-0.3, -0.25) is 0 Å². The number of nitrogens with two attached hydrogens (primary N) is 1. The van der Waals surface area contributed by atoms with E-state index in [1.807, 2.05) is 12.1 Å². The minimum atomic E-state index is -0.133. The third-order valence-corrected chi connectivity index (χ3v) is 3.60. The van der Waals surface area contributed by atoms with Crippen molar-refractivity contribution in [1.29, 1.82) is 0 Å². The molecule has 0 aliphatic carbocycles. The summed E-state index contributed by atoms with van der Waals surface area (Å²) in [4.78, 5) is 0. The number of benzene rings is 1. The van der Waals surface area contributed by atoms with Crippen molar-refractivity contribution in [2.24, 2.45) is 17.6 Å². The Morgan fingerprint density at radius 1 is 1.33 bits per heavy atom. The molecule has 0 aliphatic rings. The topological polar surface area (TPSA) is 55.5 Å². The van der Waals surface area contributed by atoms with Crippen molar-refractivity contribution in [1.82, 2.24) is 0 Å². The van der Waals surface area contributed by atoms with Crippen LogP contribution in [0.5, 0.6) is 5.75 Å². The fourth-order valence-corrected chi connectivity index (χ4v) is 2.27. The summed E-state index contributed by atoms with van der Waals surface area (Å²) >= 11 is 0. The van der Waals surface area contributed by atoms with Gasteiger partial charge in [-0.05, 0) is 29.5 Å². The van der Waals surface area contributed by atoms with Crippen molar-refractivity contribution >= 4 is 0 Å². The van der Waals surface area contributed by atoms with Crippen molar-refractivity contribution in [3.05, 3.63) is 29.3 Å². The monoisotopic (exact) mass is 251 g/mol. The maximum Gasteiger partial charge on any atom is 0.122 e. The smallest absolute Gasteiger partial charge is 0.122 e. The van der Waals surface area contributed by atoms with Crippen LogP contribution in [-0.4, -0.2) is 18.8 Å². The van der Waals surface area contributed by atoms with Crippen LogP contribution in [0.2, 0.25) is 0 Å². The average molecular weight is 251 g/mol. The molecule has 3 nitrogen and oxygen atoms in total. The van der Waals surface area contributed by atoms with Gasteiger partial charge in [0.1, 0.15) is 5.75 Å². The second-order valence-corrected chi connectivity index (χ2v) is 5.04. The highest BCUT2D eigenvalue weighted by Crippen LogP contribution is 2.29. The van der Waals surface area contributed by atoms with E-state index in [-0.39, 0.29) is 18.6 Å². The van der Waals surface area contributed by atoms with Gasteiger partial charge in [0.15, 0.2) is 0 Å². The van der Waals surface area contributed by atoms with Crippen LogP contribution in [0, 0.1) is 11.8 Å². The fourth-order valence-electron chi connectivity index (χ4n) is 2.27. The molecule has 0 fully saturated rings. The Bertz CT molecular complexity index is 377. The number of aliphatic hydroxyl groups is 1. The van der Waals surface area contributed by atoms with Crippen molar-refractivity contribution in [2.75, 3.05) is 13.7 Å². The van der Waals surface area contributed by atoms with Crippen LogP contribution in [0.4, 0.5) is 0 Å². The molecule has 0 aliphatic heterocycles. The molecule has 1 rings (SSSR count). The first kappa shape index (κ1) is 15.0. The number of methoxy groups -OCH3 is 1. The molecule has 3 heteroatoms. The van der Waals surface area contributed by atoms with Gasteiger partial charge in [0.25, 0.3) is 0 Å². The highest BCUT2D eigenvalue weighted by molar-refractivity contribution is 5.38. The van der Waals surface area contributed by atoms with E-state index in [0.717, 1.165) is 23.3 Å². The molecule has 102 valence electrons. The standard InChI is InChI=1S/C15H25NO2/c1-5-11-8-12(6-7-14(11)18-4)15(16)13(9-17)10(2)3/h6-8,10,13,15,17H,5,9,16H2,1-4H3. The van der Waals surface area contributed by atoms with Crippen LogP contribution in [-0.2, 0) is 6.42 Å². The number of hydrogen-bond acceptors (Lipinski definition) is 3. The summed E-state index contributed by atoms with van der Waals surface area (Å²) in [5.74, 6) is 1.35. The third-order valence-electron chi connectivity index (χ3n) is 3.60. The van der Waals surface area contributed by atoms with Crippen LogP contribution >= 0.6 is 0 Å². The molecule has 0 heterocycles. The van der Waals surface area contributed by atoms with Crippen molar-refractivity contribution in [3.63, 3.8) is 0 Å². The van der Waals surface area contributed by atoms with Gasteiger partial charge in [0.05, 0.1) is 7.11 Å². The third kappa shape index (κ3) is 3.24. The summed E-state index contributed by atoms with van der Waals surface area (Å²) in [6.07, 6.45) is 0.912. The molecule has 1 aromatic carbocycles. The Labute approximate surface area is 110 Å². The molecule has 2 unspecified atom stereocenters. The number of hydrogen-bond donors (Lipinski definition) is 2. The average Bonchev–Trinajstić information content (AvgIpc) is 2.38. The highest BCUT2D eigenvalue weighted by atomic mass is 16.5. The number of ether oxygens (including phenoxy) is 1. The molecular weight excluding hydrogens is 226 g/mol. The van der Waals surface area contributed by atoms with Crippen molar-refractivity contribution in [2.45, 2.75) is 33.2 Å². The molecule has 0 amide bonds. The Balaban J connectivity index is 3.02. The van der Waals surface area contributed by atoms with Crippen molar-refractivity contribution < 1.29 is 9.84 Å². The van der Waals surface area contributed by atoms with E-state index in [1.165, 1.54) is 0 Å². The summed E-state index contributed by atoms with van der Waals surface area (Å²) in [5.41, 5.74) is 8.49. The summed E-state index contributed by atoms with van der Waals surface area (Å²) in [7, 11) is 1.68. The van der Waals surface area contributed by atoms with Crippen LogP contribution in [0.15, 0.2) is 18.2 Å².